The Balaban J connectivity index is 2.66. The Morgan fingerprint density at radius 2 is 1.30 bits per heavy atom. The summed E-state index contributed by atoms with van der Waals surface area (Å²) in [5.41, 5.74) is 0.532. The summed E-state index contributed by atoms with van der Waals surface area (Å²) < 4.78 is 26.8. The second kappa shape index (κ2) is 13.1. The van der Waals surface area contributed by atoms with Crippen LogP contribution in [0.25, 0.3) is 0 Å². The molecule has 202 valence electrons. The van der Waals surface area contributed by atoms with Gasteiger partial charge in [-0.05, 0) is 12.1 Å². The molecule has 0 saturated heterocycles. The van der Waals surface area contributed by atoms with Gasteiger partial charge in [0.15, 0.2) is 24.4 Å². The first-order valence-electron chi connectivity index (χ1n) is 11.2. The Kier molecular flexibility index (Phi) is 10.5. The molecule has 5 atom stereocenters. The maximum atomic E-state index is 12.7. The van der Waals surface area contributed by atoms with Crippen molar-refractivity contribution >= 4 is 53.2 Å². The number of esters is 5. The third kappa shape index (κ3) is 8.20. The van der Waals surface area contributed by atoms with E-state index < -0.39 is 72.2 Å². The zero-order valence-electron chi connectivity index (χ0n) is 21.2. The smallest absolute Gasteiger partial charge is 0.303 e. The fourth-order valence-corrected chi connectivity index (χ4v) is 5.20. The SMILES string of the molecule is CC(=O)OC[C@@H](OC(C)=O)[C@H](OC(C)=O)[C@H](OC(C)=O)[C@@H](OC(C)=O)C1Sc2ccccc2N1C(C)=O. The summed E-state index contributed by atoms with van der Waals surface area (Å²) in [4.78, 5) is 74.6. The first kappa shape index (κ1) is 29.6. The van der Waals surface area contributed by atoms with Crippen LogP contribution in [0.5, 0.6) is 0 Å². The molecule has 0 aliphatic carbocycles. The minimum Gasteiger partial charge on any atom is -0.462 e. The number of thioether (sulfide) groups is 1. The van der Waals surface area contributed by atoms with E-state index in [1.165, 1.54) is 11.8 Å². The summed E-state index contributed by atoms with van der Waals surface area (Å²) in [6, 6.07) is 6.93. The number of rotatable bonds is 10. The molecule has 1 heterocycles. The molecule has 12 nitrogen and oxygen atoms in total. The summed E-state index contributed by atoms with van der Waals surface area (Å²) >= 11 is 1.16. The number of amides is 1. The molecular weight excluding hydrogens is 510 g/mol. The summed E-state index contributed by atoms with van der Waals surface area (Å²) in [5.74, 6) is -4.41. The number of benzene rings is 1. The van der Waals surface area contributed by atoms with Crippen molar-refractivity contribution in [2.75, 3.05) is 11.5 Å². The number of para-hydroxylation sites is 1. The zero-order chi connectivity index (χ0) is 27.9. The maximum Gasteiger partial charge on any atom is 0.303 e. The number of anilines is 1. The van der Waals surface area contributed by atoms with Gasteiger partial charge in [0.1, 0.15) is 12.0 Å². The van der Waals surface area contributed by atoms with Crippen LogP contribution in [0.4, 0.5) is 5.69 Å². The van der Waals surface area contributed by atoms with Gasteiger partial charge >= 0.3 is 29.8 Å². The van der Waals surface area contributed by atoms with Crippen LogP contribution in [0.2, 0.25) is 0 Å². The van der Waals surface area contributed by atoms with E-state index in [2.05, 4.69) is 0 Å². The van der Waals surface area contributed by atoms with Gasteiger partial charge in [-0.15, -0.1) is 0 Å². The second-order valence-corrected chi connectivity index (χ2v) is 9.20. The Bertz CT molecular complexity index is 1060. The van der Waals surface area contributed by atoms with Gasteiger partial charge < -0.3 is 23.7 Å². The standard InChI is InChI=1S/C24H29NO11S/c1-12(26)25-18-9-7-8-10-20(18)37-24(25)23(36-17(6)31)22(35-16(5)30)21(34-15(4)29)19(33-14(3)28)11-32-13(2)27/h7-10,19,21-24H,11H2,1-6H3/t19-,21+,22+,23-,24?/m1/s1. The van der Waals surface area contributed by atoms with Gasteiger partial charge in [0.2, 0.25) is 5.91 Å². The van der Waals surface area contributed by atoms with Crippen LogP contribution in [-0.2, 0) is 52.5 Å². The quantitative estimate of drug-likeness (QED) is 0.315. The van der Waals surface area contributed by atoms with Crippen LogP contribution in [0.3, 0.4) is 0 Å². The lowest BCUT2D eigenvalue weighted by Crippen LogP contribution is -2.58. The number of nitrogens with zero attached hydrogens (tertiary/aromatic N) is 1. The second-order valence-electron chi connectivity index (χ2n) is 8.04. The molecule has 1 unspecified atom stereocenters. The van der Waals surface area contributed by atoms with Gasteiger partial charge in [-0.3, -0.25) is 33.7 Å². The molecule has 2 rings (SSSR count). The van der Waals surface area contributed by atoms with Crippen LogP contribution in [0, 0.1) is 0 Å². The molecule has 0 saturated carbocycles. The molecule has 0 N–H and O–H groups in total. The van der Waals surface area contributed by atoms with Gasteiger partial charge in [-0.2, -0.15) is 0 Å². The van der Waals surface area contributed by atoms with Crippen LogP contribution >= 0.6 is 11.8 Å². The average Bonchev–Trinajstić information content (AvgIpc) is 3.16. The van der Waals surface area contributed by atoms with Crippen molar-refractivity contribution < 1.29 is 52.5 Å². The molecule has 0 spiro atoms. The number of hydrogen-bond acceptors (Lipinski definition) is 12. The van der Waals surface area contributed by atoms with Crippen molar-refractivity contribution in [2.24, 2.45) is 0 Å². The normalized spacial score (nSPS) is 17.4. The summed E-state index contributed by atoms with van der Waals surface area (Å²) in [6.07, 6.45) is -6.04. The predicted octanol–water partition coefficient (Wildman–Crippen LogP) is 1.76. The molecule has 13 heteroatoms. The zero-order valence-corrected chi connectivity index (χ0v) is 22.1. The highest BCUT2D eigenvalue weighted by molar-refractivity contribution is 8.00. The first-order valence-corrected chi connectivity index (χ1v) is 12.1. The fraction of sp³-hybridized carbons (Fsp3) is 0.500. The van der Waals surface area contributed by atoms with Gasteiger partial charge in [-0.1, -0.05) is 23.9 Å². The minimum absolute atomic E-state index is 0.401. The molecule has 37 heavy (non-hydrogen) atoms. The molecule has 0 aromatic heterocycles. The molecular formula is C24H29NO11S. The van der Waals surface area contributed by atoms with Crippen molar-refractivity contribution in [3.8, 4) is 0 Å². The van der Waals surface area contributed by atoms with Gasteiger partial charge in [0, 0.05) is 46.4 Å². The molecule has 0 radical (unpaired) electrons. The van der Waals surface area contributed by atoms with Crippen molar-refractivity contribution in [1.29, 1.82) is 0 Å². The van der Waals surface area contributed by atoms with Crippen LogP contribution in [-0.4, -0.2) is 72.2 Å². The molecule has 0 fully saturated rings. The first-order chi connectivity index (χ1) is 17.3. The minimum atomic E-state index is -1.59. The summed E-state index contributed by atoms with van der Waals surface area (Å²) in [6.45, 7) is 6.21. The van der Waals surface area contributed by atoms with Crippen LogP contribution in [0.1, 0.15) is 41.5 Å². The topological polar surface area (TPSA) is 152 Å². The van der Waals surface area contributed by atoms with E-state index in [1.54, 1.807) is 24.3 Å². The summed E-state index contributed by atoms with van der Waals surface area (Å²) in [7, 11) is 0. The van der Waals surface area contributed by atoms with Gasteiger partial charge in [-0.25, -0.2) is 0 Å². The van der Waals surface area contributed by atoms with Crippen molar-refractivity contribution in [2.45, 2.75) is 76.2 Å². The Morgan fingerprint density at radius 1 is 0.757 bits per heavy atom. The molecule has 1 aromatic rings. The van der Waals surface area contributed by atoms with Crippen LogP contribution < -0.4 is 4.90 Å². The lowest BCUT2D eigenvalue weighted by atomic mass is 10.0. The predicted molar refractivity (Wildman–Crippen MR) is 128 cm³/mol. The highest BCUT2D eigenvalue weighted by Gasteiger charge is 2.51. The Morgan fingerprint density at radius 3 is 1.81 bits per heavy atom. The van der Waals surface area contributed by atoms with Crippen molar-refractivity contribution in [1.82, 2.24) is 0 Å². The lowest BCUT2D eigenvalue weighted by molar-refractivity contribution is -0.202. The van der Waals surface area contributed by atoms with Gasteiger partial charge in [0.05, 0.1) is 5.69 Å². The van der Waals surface area contributed by atoms with E-state index in [-0.39, 0.29) is 0 Å². The Hall–Kier alpha value is -3.61. The highest BCUT2D eigenvalue weighted by Crippen LogP contribution is 2.46. The number of hydrogen-bond donors (Lipinski definition) is 0. The number of ether oxygens (including phenoxy) is 5. The van der Waals surface area contributed by atoms with Crippen molar-refractivity contribution in [3.05, 3.63) is 24.3 Å². The van der Waals surface area contributed by atoms with E-state index in [9.17, 15) is 28.8 Å². The number of fused-ring (bicyclic) bond motifs is 1. The summed E-state index contributed by atoms with van der Waals surface area (Å²) in [5, 5.41) is -0.965. The number of carbonyl (C=O) groups excluding carboxylic acids is 6. The van der Waals surface area contributed by atoms with E-state index in [4.69, 9.17) is 23.7 Å². The highest BCUT2D eigenvalue weighted by atomic mass is 32.2. The van der Waals surface area contributed by atoms with Crippen molar-refractivity contribution in [3.63, 3.8) is 0 Å². The van der Waals surface area contributed by atoms with Gasteiger partial charge in [0.25, 0.3) is 0 Å². The molecule has 1 aliphatic heterocycles. The fourth-order valence-electron chi connectivity index (χ4n) is 3.79. The van der Waals surface area contributed by atoms with E-state index in [1.807, 2.05) is 0 Å². The third-order valence-electron chi connectivity index (χ3n) is 4.94. The van der Waals surface area contributed by atoms with E-state index in [0.29, 0.717) is 10.6 Å². The largest absolute Gasteiger partial charge is 0.462 e. The molecule has 0 bridgehead atoms. The number of carbonyl (C=O) groups is 6. The van der Waals surface area contributed by atoms with E-state index >= 15 is 0 Å². The lowest BCUT2D eigenvalue weighted by Gasteiger charge is -2.39. The monoisotopic (exact) mass is 539 g/mol. The third-order valence-corrected chi connectivity index (χ3v) is 6.26. The molecule has 1 aliphatic rings. The molecule has 1 amide bonds. The maximum absolute atomic E-state index is 12.7. The van der Waals surface area contributed by atoms with Crippen LogP contribution in [0.15, 0.2) is 29.2 Å². The van der Waals surface area contributed by atoms with E-state index in [0.717, 1.165) is 46.4 Å². The molecule has 1 aromatic carbocycles. The Labute approximate surface area is 217 Å². The average molecular weight is 540 g/mol.